The molecular weight excluding hydrogens is 348 g/mol. The number of ether oxygens (including phenoxy) is 2. The molecule has 0 heterocycles. The van der Waals surface area contributed by atoms with E-state index < -0.39 is 18.1 Å². The Morgan fingerprint density at radius 1 is 1.22 bits per heavy atom. The molecule has 0 aliphatic heterocycles. The Kier molecular flexibility index (Phi) is 7.81. The predicted octanol–water partition coefficient (Wildman–Crippen LogP) is 1.88. The zero-order chi connectivity index (χ0) is 19.6. The van der Waals surface area contributed by atoms with Crippen molar-refractivity contribution < 1.29 is 24.5 Å². The fourth-order valence-electron chi connectivity index (χ4n) is 2.47. The number of hydrogen-bond donors (Lipinski definition) is 4. The average Bonchev–Trinajstić information content (AvgIpc) is 2.68. The molecule has 0 fully saturated rings. The highest BCUT2D eigenvalue weighted by atomic mass is 16.5. The van der Waals surface area contributed by atoms with Crippen molar-refractivity contribution in [3.63, 3.8) is 0 Å². The monoisotopic (exact) mass is 372 g/mol. The lowest BCUT2D eigenvalue weighted by molar-refractivity contribution is -0.112. The number of rotatable bonds is 9. The van der Waals surface area contributed by atoms with Crippen LogP contribution in [0, 0.1) is 0 Å². The van der Waals surface area contributed by atoms with Crippen molar-refractivity contribution >= 4 is 17.3 Å². The molecule has 0 bridgehead atoms. The topological polar surface area (TPSA) is 114 Å². The van der Waals surface area contributed by atoms with Gasteiger partial charge in [-0.05, 0) is 24.3 Å². The third-order valence-electron chi connectivity index (χ3n) is 3.83. The van der Waals surface area contributed by atoms with Crippen LogP contribution in [0.3, 0.4) is 0 Å². The molecule has 27 heavy (non-hydrogen) atoms. The number of methoxy groups -OCH3 is 1. The van der Waals surface area contributed by atoms with Gasteiger partial charge in [-0.1, -0.05) is 30.3 Å². The largest absolute Gasteiger partial charge is 0.491 e. The molecule has 2 atom stereocenters. The summed E-state index contributed by atoms with van der Waals surface area (Å²) in [6.07, 6.45) is 0.904. The first-order valence-electron chi connectivity index (χ1n) is 8.44. The van der Waals surface area contributed by atoms with E-state index in [0.29, 0.717) is 22.7 Å². The number of aliphatic hydroxyl groups excluding tert-OH is 2. The number of aliphatic hydroxyl groups is 2. The summed E-state index contributed by atoms with van der Waals surface area (Å²) in [5, 5.41) is 22.2. The Bertz CT molecular complexity index is 778. The number of nitrogen functional groups attached to an aromatic ring is 1. The molecule has 0 saturated heterocycles. The molecule has 7 nitrogen and oxygen atoms in total. The number of hydrogen-bond acceptors (Lipinski definition) is 6. The number of nitrogens with one attached hydrogen (secondary N) is 1. The van der Waals surface area contributed by atoms with E-state index >= 15 is 0 Å². The number of anilines is 2. The van der Waals surface area contributed by atoms with Crippen LogP contribution in [0.4, 0.5) is 11.4 Å². The van der Waals surface area contributed by atoms with Crippen molar-refractivity contribution in [1.82, 2.24) is 0 Å². The van der Waals surface area contributed by atoms with Gasteiger partial charge in [-0.15, -0.1) is 0 Å². The van der Waals surface area contributed by atoms with E-state index in [2.05, 4.69) is 5.32 Å². The zero-order valence-electron chi connectivity index (χ0n) is 15.0. The van der Waals surface area contributed by atoms with Gasteiger partial charge in [-0.2, -0.15) is 0 Å². The number of carbonyl (C=O) groups is 1. The Morgan fingerprint density at radius 2 is 1.93 bits per heavy atom. The zero-order valence-corrected chi connectivity index (χ0v) is 15.0. The van der Waals surface area contributed by atoms with Crippen LogP contribution in [0.2, 0.25) is 0 Å². The van der Waals surface area contributed by atoms with Crippen LogP contribution in [0.5, 0.6) is 5.75 Å². The van der Waals surface area contributed by atoms with E-state index in [1.165, 1.54) is 19.3 Å². The second-order valence-electron chi connectivity index (χ2n) is 5.69. The van der Waals surface area contributed by atoms with Gasteiger partial charge in [0.15, 0.2) is 0 Å². The lowest BCUT2D eigenvalue weighted by atomic mass is 10.0. The van der Waals surface area contributed by atoms with Crippen LogP contribution in [0.15, 0.2) is 60.7 Å². The summed E-state index contributed by atoms with van der Waals surface area (Å²) < 4.78 is 10.7. The van der Waals surface area contributed by atoms with E-state index in [-0.39, 0.29) is 13.2 Å². The summed E-state index contributed by atoms with van der Waals surface area (Å²) in [7, 11) is 1.43. The van der Waals surface area contributed by atoms with Gasteiger partial charge in [0.25, 0.3) is 0 Å². The van der Waals surface area contributed by atoms with Gasteiger partial charge >= 0.3 is 0 Å². The first kappa shape index (κ1) is 20.4. The van der Waals surface area contributed by atoms with Crippen LogP contribution in [0.1, 0.15) is 11.7 Å². The summed E-state index contributed by atoms with van der Waals surface area (Å²) in [5.41, 5.74) is 7.25. The molecule has 0 radical (unpaired) electrons. The average molecular weight is 372 g/mol. The fourth-order valence-corrected chi connectivity index (χ4v) is 2.47. The molecule has 0 aromatic heterocycles. The summed E-state index contributed by atoms with van der Waals surface area (Å²) in [5.74, 6) is 0.0444. The maximum Gasteiger partial charge on any atom is 0.248 e. The second kappa shape index (κ2) is 10.3. The Labute approximate surface area is 158 Å². The van der Waals surface area contributed by atoms with E-state index in [0.717, 1.165) is 0 Å². The third kappa shape index (κ3) is 5.82. The van der Waals surface area contributed by atoms with Crippen LogP contribution in [-0.4, -0.2) is 42.5 Å². The number of nitrogens with two attached hydrogens (primary N) is 1. The van der Waals surface area contributed by atoms with Crippen molar-refractivity contribution in [2.24, 2.45) is 0 Å². The van der Waals surface area contributed by atoms with Crippen LogP contribution in [0.25, 0.3) is 0 Å². The van der Waals surface area contributed by atoms with Crippen LogP contribution in [-0.2, 0) is 9.53 Å². The number of benzene rings is 2. The highest BCUT2D eigenvalue weighted by Gasteiger charge is 2.22. The summed E-state index contributed by atoms with van der Waals surface area (Å²) in [6, 6.07) is 13.8. The van der Waals surface area contributed by atoms with Gasteiger partial charge in [0.05, 0.1) is 18.0 Å². The Balaban J connectivity index is 2.08. The summed E-state index contributed by atoms with van der Waals surface area (Å²) in [6.45, 7) is -0.0288. The van der Waals surface area contributed by atoms with Gasteiger partial charge in [0.1, 0.15) is 24.6 Å². The van der Waals surface area contributed by atoms with Crippen molar-refractivity contribution in [3.8, 4) is 5.75 Å². The van der Waals surface area contributed by atoms with Gasteiger partial charge in [-0.3, -0.25) is 4.79 Å². The van der Waals surface area contributed by atoms with Gasteiger partial charge in [-0.25, -0.2) is 0 Å². The normalized spacial score (nSPS) is 13.3. The lowest BCUT2D eigenvalue weighted by Crippen LogP contribution is -2.20. The van der Waals surface area contributed by atoms with Gasteiger partial charge < -0.3 is 30.7 Å². The number of carbonyl (C=O) groups excluding carboxylic acids is 1. The second-order valence-corrected chi connectivity index (χ2v) is 5.69. The Morgan fingerprint density at radius 3 is 2.63 bits per heavy atom. The number of amides is 1. The summed E-state index contributed by atoms with van der Waals surface area (Å²) >= 11 is 0. The SMILES string of the molecule is CO[C@H](/C=C/C(=O)Nc1ccccc1N)[C@H](O)c1ccccc1OCCO. The summed E-state index contributed by atoms with van der Waals surface area (Å²) in [4.78, 5) is 12.1. The molecule has 5 N–H and O–H groups in total. The van der Waals surface area contributed by atoms with Gasteiger partial charge in [0, 0.05) is 18.7 Å². The molecule has 2 rings (SSSR count). The highest BCUT2D eigenvalue weighted by molar-refractivity contribution is 6.01. The van der Waals surface area contributed by atoms with Crippen LogP contribution < -0.4 is 15.8 Å². The molecule has 7 heteroatoms. The molecule has 2 aromatic rings. The predicted molar refractivity (Wildman–Crippen MR) is 103 cm³/mol. The quantitative estimate of drug-likeness (QED) is 0.395. The maximum absolute atomic E-state index is 12.1. The van der Waals surface area contributed by atoms with Crippen molar-refractivity contribution in [2.45, 2.75) is 12.2 Å². The third-order valence-corrected chi connectivity index (χ3v) is 3.83. The minimum atomic E-state index is -1.06. The molecule has 2 aromatic carbocycles. The molecule has 0 unspecified atom stereocenters. The van der Waals surface area contributed by atoms with Crippen molar-refractivity contribution in [1.29, 1.82) is 0 Å². The van der Waals surface area contributed by atoms with Crippen LogP contribution >= 0.6 is 0 Å². The molecule has 0 spiro atoms. The minimum Gasteiger partial charge on any atom is -0.491 e. The first-order valence-corrected chi connectivity index (χ1v) is 8.44. The molecule has 0 aliphatic rings. The van der Waals surface area contributed by atoms with E-state index in [9.17, 15) is 9.90 Å². The number of para-hydroxylation sites is 3. The molecule has 0 saturated carbocycles. The molecule has 1 amide bonds. The molecular formula is C20H24N2O5. The fraction of sp³-hybridized carbons (Fsp3) is 0.250. The Hall–Kier alpha value is -2.87. The lowest BCUT2D eigenvalue weighted by Gasteiger charge is -2.21. The highest BCUT2D eigenvalue weighted by Crippen LogP contribution is 2.29. The van der Waals surface area contributed by atoms with E-state index in [1.807, 2.05) is 0 Å². The van der Waals surface area contributed by atoms with Gasteiger partial charge in [0.2, 0.25) is 5.91 Å². The van der Waals surface area contributed by atoms with Crippen molar-refractivity contribution in [3.05, 3.63) is 66.2 Å². The molecule has 144 valence electrons. The maximum atomic E-state index is 12.1. The van der Waals surface area contributed by atoms with E-state index in [1.54, 1.807) is 48.5 Å². The molecule has 0 aliphatic carbocycles. The van der Waals surface area contributed by atoms with Crippen molar-refractivity contribution in [2.75, 3.05) is 31.4 Å². The first-order chi connectivity index (χ1) is 13.1. The standard InChI is InChI=1S/C20H24N2O5/c1-26-18(10-11-19(24)22-16-8-4-3-7-15(16)21)20(25)14-6-2-5-9-17(14)27-13-12-23/h2-11,18,20,23,25H,12-13,21H2,1H3,(H,22,24)/b11-10+/t18-,20-/m1/s1. The minimum absolute atomic E-state index is 0.109. The smallest absolute Gasteiger partial charge is 0.248 e. The van der Waals surface area contributed by atoms with E-state index in [4.69, 9.17) is 20.3 Å².